The van der Waals surface area contributed by atoms with Gasteiger partial charge in [0, 0.05) is 25.0 Å². The fraction of sp³-hybridized carbons (Fsp3) is 0.588. The van der Waals surface area contributed by atoms with E-state index in [-0.39, 0.29) is 17.2 Å². The van der Waals surface area contributed by atoms with Gasteiger partial charge in [-0.3, -0.25) is 4.79 Å². The average molecular weight is 272 g/mol. The van der Waals surface area contributed by atoms with Crippen LogP contribution < -0.4 is 10.6 Å². The molecule has 0 radical (unpaired) electrons. The zero-order valence-corrected chi connectivity index (χ0v) is 12.2. The molecule has 1 saturated heterocycles. The minimum absolute atomic E-state index is 0.166. The third kappa shape index (κ3) is 2.59. The highest BCUT2D eigenvalue weighted by Crippen LogP contribution is 2.40. The SMILES string of the molecule is Cc1cccc(C2(CNC(=O)C3CNC3)CCCC2)c1. The second-order valence-corrected chi connectivity index (χ2v) is 6.43. The molecule has 3 nitrogen and oxygen atoms in total. The lowest BCUT2D eigenvalue weighted by Crippen LogP contribution is -2.52. The fourth-order valence-corrected chi connectivity index (χ4v) is 3.47. The number of nitrogens with one attached hydrogen (secondary N) is 2. The molecular weight excluding hydrogens is 248 g/mol. The predicted molar refractivity (Wildman–Crippen MR) is 80.7 cm³/mol. The first-order valence-electron chi connectivity index (χ1n) is 7.75. The molecule has 1 amide bonds. The lowest BCUT2D eigenvalue weighted by molar-refractivity contribution is -0.126. The van der Waals surface area contributed by atoms with Gasteiger partial charge >= 0.3 is 0 Å². The van der Waals surface area contributed by atoms with E-state index < -0.39 is 0 Å². The number of benzene rings is 1. The maximum atomic E-state index is 12.1. The Hall–Kier alpha value is -1.35. The standard InChI is InChI=1S/C17H24N2O/c1-13-5-4-6-15(9-13)17(7-2-3-8-17)12-19-16(20)14-10-18-11-14/h4-6,9,14,18H,2-3,7-8,10-12H2,1H3,(H,19,20). The Morgan fingerprint density at radius 2 is 2.10 bits per heavy atom. The molecule has 0 bridgehead atoms. The largest absolute Gasteiger partial charge is 0.355 e. The topological polar surface area (TPSA) is 41.1 Å². The van der Waals surface area contributed by atoms with Crippen molar-refractivity contribution in [3.8, 4) is 0 Å². The second kappa shape index (κ2) is 5.57. The second-order valence-electron chi connectivity index (χ2n) is 6.43. The number of hydrogen-bond donors (Lipinski definition) is 2. The van der Waals surface area contributed by atoms with Crippen molar-refractivity contribution in [2.45, 2.75) is 38.0 Å². The number of amides is 1. The molecule has 2 N–H and O–H groups in total. The van der Waals surface area contributed by atoms with E-state index >= 15 is 0 Å². The van der Waals surface area contributed by atoms with Gasteiger partial charge in [0.15, 0.2) is 0 Å². The number of aryl methyl sites for hydroxylation is 1. The van der Waals surface area contributed by atoms with E-state index in [1.54, 1.807) is 0 Å². The Morgan fingerprint density at radius 3 is 2.70 bits per heavy atom. The minimum atomic E-state index is 0.166. The van der Waals surface area contributed by atoms with Crippen molar-refractivity contribution in [3.63, 3.8) is 0 Å². The molecule has 2 aliphatic rings. The molecule has 1 heterocycles. The van der Waals surface area contributed by atoms with E-state index in [1.165, 1.54) is 36.8 Å². The molecule has 0 spiro atoms. The first-order valence-corrected chi connectivity index (χ1v) is 7.75. The fourth-order valence-electron chi connectivity index (χ4n) is 3.47. The first kappa shape index (κ1) is 13.6. The van der Waals surface area contributed by atoms with Crippen LogP contribution in [0.3, 0.4) is 0 Å². The van der Waals surface area contributed by atoms with Gasteiger partial charge in [-0.15, -0.1) is 0 Å². The predicted octanol–water partition coefficient (Wildman–Crippen LogP) is 2.14. The quantitative estimate of drug-likeness (QED) is 0.881. The van der Waals surface area contributed by atoms with Gasteiger partial charge in [0.2, 0.25) is 5.91 Å². The van der Waals surface area contributed by atoms with Gasteiger partial charge in [-0.05, 0) is 25.3 Å². The van der Waals surface area contributed by atoms with Crippen LogP contribution in [0.25, 0.3) is 0 Å². The van der Waals surface area contributed by atoms with Crippen LogP contribution in [-0.4, -0.2) is 25.5 Å². The summed E-state index contributed by atoms with van der Waals surface area (Å²) in [7, 11) is 0. The number of carbonyl (C=O) groups is 1. The van der Waals surface area contributed by atoms with Gasteiger partial charge < -0.3 is 10.6 Å². The molecule has 20 heavy (non-hydrogen) atoms. The summed E-state index contributed by atoms with van der Waals surface area (Å²) < 4.78 is 0. The Bertz CT molecular complexity index is 488. The third-order valence-electron chi connectivity index (χ3n) is 4.94. The van der Waals surface area contributed by atoms with Crippen LogP contribution in [0.15, 0.2) is 24.3 Å². The molecule has 2 fully saturated rings. The summed E-state index contributed by atoms with van der Waals surface area (Å²) in [6.07, 6.45) is 4.93. The van der Waals surface area contributed by atoms with Crippen LogP contribution in [-0.2, 0) is 10.2 Å². The van der Waals surface area contributed by atoms with Crippen molar-refractivity contribution in [1.29, 1.82) is 0 Å². The molecule has 1 aliphatic carbocycles. The van der Waals surface area contributed by atoms with Crippen molar-refractivity contribution in [3.05, 3.63) is 35.4 Å². The molecule has 3 rings (SSSR count). The van der Waals surface area contributed by atoms with Crippen molar-refractivity contribution in [1.82, 2.24) is 10.6 Å². The highest BCUT2D eigenvalue weighted by Gasteiger charge is 2.36. The lowest BCUT2D eigenvalue weighted by atomic mass is 9.78. The van der Waals surface area contributed by atoms with E-state index in [1.807, 2.05) is 0 Å². The summed E-state index contributed by atoms with van der Waals surface area (Å²) in [5.41, 5.74) is 2.88. The summed E-state index contributed by atoms with van der Waals surface area (Å²) in [6.45, 7) is 4.61. The van der Waals surface area contributed by atoms with Gasteiger partial charge in [-0.1, -0.05) is 42.7 Å². The molecule has 1 saturated carbocycles. The van der Waals surface area contributed by atoms with Crippen molar-refractivity contribution < 1.29 is 4.79 Å². The van der Waals surface area contributed by atoms with E-state index in [0.717, 1.165) is 19.6 Å². The Labute approximate surface area is 121 Å². The number of carbonyl (C=O) groups excluding carboxylic acids is 1. The van der Waals surface area contributed by atoms with Gasteiger partial charge in [0.25, 0.3) is 0 Å². The van der Waals surface area contributed by atoms with E-state index in [2.05, 4.69) is 41.8 Å². The van der Waals surface area contributed by atoms with Crippen molar-refractivity contribution in [2.75, 3.05) is 19.6 Å². The number of rotatable bonds is 4. The first-order chi connectivity index (χ1) is 9.70. The molecule has 3 heteroatoms. The van der Waals surface area contributed by atoms with E-state index in [0.29, 0.717) is 0 Å². The van der Waals surface area contributed by atoms with Gasteiger partial charge in [-0.25, -0.2) is 0 Å². The summed E-state index contributed by atoms with van der Waals surface area (Å²) in [5.74, 6) is 0.411. The van der Waals surface area contributed by atoms with Crippen LogP contribution in [0.1, 0.15) is 36.8 Å². The molecule has 0 aromatic heterocycles. The molecule has 108 valence electrons. The lowest BCUT2D eigenvalue weighted by Gasteiger charge is -2.32. The van der Waals surface area contributed by atoms with Crippen LogP contribution in [0.4, 0.5) is 0 Å². The van der Waals surface area contributed by atoms with Crippen molar-refractivity contribution in [2.24, 2.45) is 5.92 Å². The highest BCUT2D eigenvalue weighted by molar-refractivity contribution is 5.80. The van der Waals surface area contributed by atoms with Crippen molar-refractivity contribution >= 4 is 5.91 Å². The molecule has 1 aromatic carbocycles. The zero-order valence-electron chi connectivity index (χ0n) is 12.2. The maximum Gasteiger partial charge on any atom is 0.225 e. The number of hydrogen-bond acceptors (Lipinski definition) is 2. The summed E-state index contributed by atoms with van der Waals surface area (Å²) in [4.78, 5) is 12.1. The summed E-state index contributed by atoms with van der Waals surface area (Å²) >= 11 is 0. The smallest absolute Gasteiger partial charge is 0.225 e. The minimum Gasteiger partial charge on any atom is -0.355 e. The molecule has 1 aliphatic heterocycles. The zero-order chi connectivity index (χ0) is 14.0. The van der Waals surface area contributed by atoms with Gasteiger partial charge in [-0.2, -0.15) is 0 Å². The molecule has 0 unspecified atom stereocenters. The Morgan fingerprint density at radius 1 is 1.35 bits per heavy atom. The third-order valence-corrected chi connectivity index (χ3v) is 4.94. The average Bonchev–Trinajstić information content (AvgIpc) is 2.84. The van der Waals surface area contributed by atoms with E-state index in [9.17, 15) is 4.79 Å². The molecule has 0 atom stereocenters. The maximum absolute atomic E-state index is 12.1. The van der Waals surface area contributed by atoms with Crippen LogP contribution in [0.2, 0.25) is 0 Å². The Balaban J connectivity index is 1.72. The summed E-state index contributed by atoms with van der Waals surface area (Å²) in [6, 6.07) is 8.81. The molecule has 1 aromatic rings. The van der Waals surface area contributed by atoms with Crippen LogP contribution in [0, 0.1) is 12.8 Å². The summed E-state index contributed by atoms with van der Waals surface area (Å²) in [5, 5.41) is 6.36. The van der Waals surface area contributed by atoms with Gasteiger partial charge in [0.05, 0.1) is 5.92 Å². The van der Waals surface area contributed by atoms with Crippen LogP contribution in [0.5, 0.6) is 0 Å². The molecular formula is C17H24N2O. The van der Waals surface area contributed by atoms with Crippen LogP contribution >= 0.6 is 0 Å². The monoisotopic (exact) mass is 272 g/mol. The van der Waals surface area contributed by atoms with Gasteiger partial charge in [0.1, 0.15) is 0 Å². The normalized spacial score (nSPS) is 21.4. The van der Waals surface area contributed by atoms with E-state index in [4.69, 9.17) is 0 Å². The highest BCUT2D eigenvalue weighted by atomic mass is 16.2. The Kier molecular flexibility index (Phi) is 3.79.